The summed E-state index contributed by atoms with van der Waals surface area (Å²) in [5.74, 6) is 0. The first-order valence-electron chi connectivity index (χ1n) is 7.03. The number of hydrogen-bond donors (Lipinski definition) is 1. The number of fused-ring (bicyclic) bond motifs is 1. The molecule has 0 spiro atoms. The van der Waals surface area contributed by atoms with Gasteiger partial charge in [0.2, 0.25) is 0 Å². The third kappa shape index (κ3) is 2.64. The number of aromatic nitrogens is 1. The summed E-state index contributed by atoms with van der Waals surface area (Å²) in [5, 5.41) is 4.74. The van der Waals surface area contributed by atoms with Crippen molar-refractivity contribution in [3.05, 3.63) is 72.4 Å². The predicted molar refractivity (Wildman–Crippen MR) is 84.8 cm³/mol. The molecule has 2 nitrogen and oxygen atoms in total. The van der Waals surface area contributed by atoms with Crippen molar-refractivity contribution < 1.29 is 0 Å². The fraction of sp³-hybridized carbons (Fsp3) is 0.167. The maximum atomic E-state index is 4.50. The van der Waals surface area contributed by atoms with Crippen molar-refractivity contribution in [1.29, 1.82) is 0 Å². The minimum absolute atomic E-state index is 0.319. The standard InChI is InChI=1S/C18H18N2/c1-2-17(14-8-4-3-5-9-14)20-16-12-15-10-6-7-11-18(15)19-13-16/h3-13,17,20H,2H2,1H3. The van der Waals surface area contributed by atoms with E-state index >= 15 is 0 Å². The molecular weight excluding hydrogens is 244 g/mol. The van der Waals surface area contributed by atoms with Crippen molar-refractivity contribution in [3.8, 4) is 0 Å². The molecule has 1 atom stereocenters. The van der Waals surface area contributed by atoms with Crippen LogP contribution in [-0.2, 0) is 0 Å². The molecule has 0 amide bonds. The average Bonchev–Trinajstić information content (AvgIpc) is 2.53. The molecule has 1 unspecified atom stereocenters. The zero-order valence-corrected chi connectivity index (χ0v) is 11.6. The van der Waals surface area contributed by atoms with Crippen molar-refractivity contribution in [2.45, 2.75) is 19.4 Å². The highest BCUT2D eigenvalue weighted by Crippen LogP contribution is 2.24. The van der Waals surface area contributed by atoms with E-state index in [9.17, 15) is 0 Å². The third-order valence-corrected chi connectivity index (χ3v) is 3.54. The largest absolute Gasteiger partial charge is 0.377 e. The van der Waals surface area contributed by atoms with Crippen LogP contribution in [0, 0.1) is 0 Å². The summed E-state index contributed by atoms with van der Waals surface area (Å²) < 4.78 is 0. The van der Waals surface area contributed by atoms with Crippen LogP contribution in [0.1, 0.15) is 24.9 Å². The Hall–Kier alpha value is -2.35. The molecule has 20 heavy (non-hydrogen) atoms. The molecule has 2 heteroatoms. The lowest BCUT2D eigenvalue weighted by molar-refractivity contribution is 0.749. The number of anilines is 1. The first-order valence-corrected chi connectivity index (χ1v) is 7.03. The van der Waals surface area contributed by atoms with Gasteiger partial charge in [-0.2, -0.15) is 0 Å². The summed E-state index contributed by atoms with van der Waals surface area (Å²) in [6.45, 7) is 2.19. The normalized spacial score (nSPS) is 12.2. The highest BCUT2D eigenvalue weighted by Gasteiger charge is 2.08. The zero-order valence-electron chi connectivity index (χ0n) is 11.6. The highest BCUT2D eigenvalue weighted by molar-refractivity contribution is 5.81. The van der Waals surface area contributed by atoms with Crippen LogP contribution in [0.4, 0.5) is 5.69 Å². The van der Waals surface area contributed by atoms with E-state index in [2.05, 4.69) is 53.6 Å². The van der Waals surface area contributed by atoms with Gasteiger partial charge in [0.25, 0.3) is 0 Å². The molecule has 0 fully saturated rings. The van der Waals surface area contributed by atoms with Gasteiger partial charge in [-0.15, -0.1) is 0 Å². The van der Waals surface area contributed by atoms with E-state index in [0.29, 0.717) is 6.04 Å². The summed E-state index contributed by atoms with van der Waals surface area (Å²) in [6.07, 6.45) is 2.95. The van der Waals surface area contributed by atoms with Crippen molar-refractivity contribution in [2.24, 2.45) is 0 Å². The Morgan fingerprint density at radius 3 is 2.55 bits per heavy atom. The summed E-state index contributed by atoms with van der Waals surface area (Å²) in [7, 11) is 0. The average molecular weight is 262 g/mol. The van der Waals surface area contributed by atoms with Crippen LogP contribution in [0.15, 0.2) is 66.9 Å². The van der Waals surface area contributed by atoms with Crippen LogP contribution >= 0.6 is 0 Å². The molecule has 0 bridgehead atoms. The van der Waals surface area contributed by atoms with Crippen molar-refractivity contribution in [2.75, 3.05) is 5.32 Å². The van der Waals surface area contributed by atoms with Crippen molar-refractivity contribution >= 4 is 16.6 Å². The topological polar surface area (TPSA) is 24.9 Å². The smallest absolute Gasteiger partial charge is 0.0703 e. The predicted octanol–water partition coefficient (Wildman–Crippen LogP) is 4.80. The third-order valence-electron chi connectivity index (χ3n) is 3.54. The van der Waals surface area contributed by atoms with Gasteiger partial charge in [-0.05, 0) is 24.1 Å². The van der Waals surface area contributed by atoms with Gasteiger partial charge >= 0.3 is 0 Å². The fourth-order valence-electron chi connectivity index (χ4n) is 2.46. The zero-order chi connectivity index (χ0) is 13.8. The molecule has 0 aliphatic rings. The lowest BCUT2D eigenvalue weighted by Crippen LogP contribution is -2.09. The highest BCUT2D eigenvalue weighted by atomic mass is 14.9. The Balaban J connectivity index is 1.87. The number of rotatable bonds is 4. The van der Waals surface area contributed by atoms with Crippen molar-refractivity contribution in [1.82, 2.24) is 4.98 Å². The molecule has 1 heterocycles. The van der Waals surface area contributed by atoms with Crippen LogP contribution < -0.4 is 5.32 Å². The molecule has 0 saturated carbocycles. The number of pyridine rings is 1. The van der Waals surface area contributed by atoms with E-state index < -0.39 is 0 Å². The summed E-state index contributed by atoms with van der Waals surface area (Å²) in [5.41, 5.74) is 3.41. The van der Waals surface area contributed by atoms with E-state index in [1.54, 1.807) is 0 Å². The second kappa shape index (κ2) is 5.74. The minimum atomic E-state index is 0.319. The lowest BCUT2D eigenvalue weighted by atomic mass is 10.0. The van der Waals surface area contributed by atoms with E-state index in [-0.39, 0.29) is 0 Å². The van der Waals surface area contributed by atoms with Crippen LogP contribution in [0.5, 0.6) is 0 Å². The molecule has 1 aromatic heterocycles. The minimum Gasteiger partial charge on any atom is -0.377 e. The Kier molecular flexibility index (Phi) is 3.64. The van der Waals surface area contributed by atoms with Gasteiger partial charge in [-0.1, -0.05) is 55.5 Å². The maximum Gasteiger partial charge on any atom is 0.0703 e. The van der Waals surface area contributed by atoms with E-state index in [1.165, 1.54) is 10.9 Å². The molecule has 1 N–H and O–H groups in total. The van der Waals surface area contributed by atoms with Crippen LogP contribution in [0.25, 0.3) is 10.9 Å². The molecule has 2 aromatic carbocycles. The lowest BCUT2D eigenvalue weighted by Gasteiger charge is -2.18. The molecule has 100 valence electrons. The molecule has 0 aliphatic carbocycles. The molecular formula is C18H18N2. The van der Waals surface area contributed by atoms with Gasteiger partial charge in [0.05, 0.1) is 23.4 Å². The second-order valence-electron chi connectivity index (χ2n) is 4.93. The second-order valence-corrected chi connectivity index (χ2v) is 4.93. The number of para-hydroxylation sites is 1. The van der Waals surface area contributed by atoms with E-state index in [1.807, 2.05) is 30.5 Å². The molecule has 0 radical (unpaired) electrons. The van der Waals surface area contributed by atoms with E-state index in [0.717, 1.165) is 17.6 Å². The van der Waals surface area contributed by atoms with Crippen LogP contribution in [0.3, 0.4) is 0 Å². The monoisotopic (exact) mass is 262 g/mol. The summed E-state index contributed by atoms with van der Waals surface area (Å²) in [6, 6.07) is 21.2. The van der Waals surface area contributed by atoms with Gasteiger partial charge in [-0.3, -0.25) is 4.98 Å². The molecule has 3 rings (SSSR count). The summed E-state index contributed by atoms with van der Waals surface area (Å²) in [4.78, 5) is 4.50. The SMILES string of the molecule is CCC(Nc1cnc2ccccc2c1)c1ccccc1. The Labute approximate surface area is 119 Å². The van der Waals surface area contributed by atoms with E-state index in [4.69, 9.17) is 0 Å². The van der Waals surface area contributed by atoms with Gasteiger partial charge in [0, 0.05) is 5.39 Å². The van der Waals surface area contributed by atoms with Gasteiger partial charge in [-0.25, -0.2) is 0 Å². The van der Waals surface area contributed by atoms with Gasteiger partial charge < -0.3 is 5.32 Å². The Bertz CT molecular complexity index is 692. The first-order chi connectivity index (χ1) is 9.86. The fourth-order valence-corrected chi connectivity index (χ4v) is 2.46. The number of nitrogens with zero attached hydrogens (tertiary/aromatic N) is 1. The Morgan fingerprint density at radius 1 is 1.00 bits per heavy atom. The quantitative estimate of drug-likeness (QED) is 0.730. The Morgan fingerprint density at radius 2 is 1.75 bits per heavy atom. The van der Waals surface area contributed by atoms with Crippen molar-refractivity contribution in [3.63, 3.8) is 0 Å². The first kappa shape index (κ1) is 12.7. The van der Waals surface area contributed by atoms with Gasteiger partial charge in [0.15, 0.2) is 0 Å². The number of hydrogen-bond acceptors (Lipinski definition) is 2. The summed E-state index contributed by atoms with van der Waals surface area (Å²) >= 11 is 0. The van der Waals surface area contributed by atoms with Crippen LogP contribution in [0.2, 0.25) is 0 Å². The van der Waals surface area contributed by atoms with Crippen LogP contribution in [-0.4, -0.2) is 4.98 Å². The maximum absolute atomic E-state index is 4.50. The molecule has 0 aliphatic heterocycles. The number of nitrogens with one attached hydrogen (secondary N) is 1. The van der Waals surface area contributed by atoms with Gasteiger partial charge in [0.1, 0.15) is 0 Å². The molecule has 3 aromatic rings. The molecule has 0 saturated heterocycles. The number of benzene rings is 2.